The second-order valence-corrected chi connectivity index (χ2v) is 3.73. The quantitative estimate of drug-likeness (QED) is 0.541. The monoisotopic (exact) mass is 256 g/mol. The molecule has 1 aliphatic rings. The van der Waals surface area contributed by atoms with Crippen molar-refractivity contribution < 1.29 is 28.6 Å². The average molecular weight is 256 g/mol. The van der Waals surface area contributed by atoms with Crippen LogP contribution < -0.4 is 0 Å². The van der Waals surface area contributed by atoms with E-state index in [1.54, 1.807) is 13.8 Å². The van der Waals surface area contributed by atoms with Crippen LogP contribution in [0.5, 0.6) is 0 Å². The van der Waals surface area contributed by atoms with Gasteiger partial charge in [0.15, 0.2) is 0 Å². The molecule has 0 aromatic rings. The summed E-state index contributed by atoms with van der Waals surface area (Å²) in [6, 6.07) is 0. The summed E-state index contributed by atoms with van der Waals surface area (Å²) in [6.45, 7) is 4.90. The van der Waals surface area contributed by atoms with Gasteiger partial charge in [-0.1, -0.05) is 6.92 Å². The van der Waals surface area contributed by atoms with Crippen molar-refractivity contribution in [3.05, 3.63) is 11.8 Å². The molecule has 0 amide bonds. The van der Waals surface area contributed by atoms with E-state index >= 15 is 0 Å². The molecular weight excluding hydrogens is 240 g/mol. The van der Waals surface area contributed by atoms with Crippen LogP contribution in [0.2, 0.25) is 0 Å². The molecule has 0 aromatic heterocycles. The van der Waals surface area contributed by atoms with Crippen LogP contribution in [0.3, 0.4) is 0 Å². The van der Waals surface area contributed by atoms with Crippen LogP contribution in [0.15, 0.2) is 11.8 Å². The fourth-order valence-electron chi connectivity index (χ4n) is 1.50. The Balaban J connectivity index is 2.75. The number of ether oxygens (including phenoxy) is 3. The molecule has 1 unspecified atom stereocenters. The molecule has 6 nitrogen and oxygen atoms in total. The summed E-state index contributed by atoms with van der Waals surface area (Å²) in [6.07, 6.45) is 1.38. The SMILES string of the molecule is CCOC(=O)C/C=C1\OC(CC)(C(C)=O)OC1=O. The third kappa shape index (κ3) is 2.88. The number of carbonyl (C=O) groups is 3. The largest absolute Gasteiger partial charge is 0.466 e. The fraction of sp³-hybridized carbons (Fsp3) is 0.583. The molecule has 100 valence electrons. The van der Waals surface area contributed by atoms with Gasteiger partial charge in [0.1, 0.15) is 0 Å². The summed E-state index contributed by atoms with van der Waals surface area (Å²) in [5, 5.41) is 0. The Kier molecular flexibility index (Phi) is 4.47. The molecule has 18 heavy (non-hydrogen) atoms. The Morgan fingerprint density at radius 2 is 2.00 bits per heavy atom. The first kappa shape index (κ1) is 14.2. The summed E-state index contributed by atoms with van der Waals surface area (Å²) >= 11 is 0. The molecule has 1 aliphatic heterocycles. The number of hydrogen-bond donors (Lipinski definition) is 0. The molecule has 0 aliphatic carbocycles. The van der Waals surface area contributed by atoms with Gasteiger partial charge in [0.2, 0.25) is 11.5 Å². The van der Waals surface area contributed by atoms with E-state index in [1.807, 2.05) is 0 Å². The first-order valence-corrected chi connectivity index (χ1v) is 5.74. The van der Waals surface area contributed by atoms with Gasteiger partial charge in [-0.25, -0.2) is 4.79 Å². The maximum absolute atomic E-state index is 11.5. The molecule has 1 saturated heterocycles. The molecule has 1 heterocycles. The second kappa shape index (κ2) is 5.66. The van der Waals surface area contributed by atoms with Crippen molar-refractivity contribution in [2.45, 2.75) is 39.4 Å². The predicted octanol–water partition coefficient (Wildman–Crippen LogP) is 1.09. The zero-order valence-corrected chi connectivity index (χ0v) is 10.6. The third-order valence-corrected chi connectivity index (χ3v) is 2.49. The van der Waals surface area contributed by atoms with E-state index in [0.29, 0.717) is 0 Å². The average Bonchev–Trinajstić information content (AvgIpc) is 2.65. The lowest BCUT2D eigenvalue weighted by atomic mass is 10.1. The van der Waals surface area contributed by atoms with Gasteiger partial charge in [-0.05, 0) is 13.0 Å². The smallest absolute Gasteiger partial charge is 0.377 e. The van der Waals surface area contributed by atoms with Crippen LogP contribution in [0.25, 0.3) is 0 Å². The number of carbonyl (C=O) groups excluding carboxylic acids is 3. The highest BCUT2D eigenvalue weighted by molar-refractivity contribution is 5.95. The molecule has 6 heteroatoms. The summed E-state index contributed by atoms with van der Waals surface area (Å²) < 4.78 is 14.9. The molecule has 0 saturated carbocycles. The molecule has 1 rings (SSSR count). The normalized spacial score (nSPS) is 24.6. The van der Waals surface area contributed by atoms with E-state index in [2.05, 4.69) is 0 Å². The molecule has 1 fully saturated rings. The minimum atomic E-state index is -1.54. The van der Waals surface area contributed by atoms with Crippen LogP contribution >= 0.6 is 0 Å². The van der Waals surface area contributed by atoms with Crippen LogP contribution in [0.1, 0.15) is 33.6 Å². The van der Waals surface area contributed by atoms with E-state index in [9.17, 15) is 14.4 Å². The summed E-state index contributed by atoms with van der Waals surface area (Å²) in [5.41, 5.74) is 0. The second-order valence-electron chi connectivity index (χ2n) is 3.73. The lowest BCUT2D eigenvalue weighted by molar-refractivity contribution is -0.182. The third-order valence-electron chi connectivity index (χ3n) is 2.49. The molecule has 0 aromatic carbocycles. The molecule has 1 atom stereocenters. The fourth-order valence-corrected chi connectivity index (χ4v) is 1.50. The molecular formula is C12H16O6. The lowest BCUT2D eigenvalue weighted by Gasteiger charge is -2.20. The van der Waals surface area contributed by atoms with Gasteiger partial charge in [0.05, 0.1) is 13.0 Å². The van der Waals surface area contributed by atoms with Crippen molar-refractivity contribution in [1.82, 2.24) is 0 Å². The molecule has 0 spiro atoms. The highest BCUT2D eigenvalue weighted by Crippen LogP contribution is 2.31. The topological polar surface area (TPSA) is 78.9 Å². The first-order valence-electron chi connectivity index (χ1n) is 5.74. The minimum absolute atomic E-state index is 0.101. The van der Waals surface area contributed by atoms with E-state index in [0.717, 1.165) is 0 Å². The molecule has 0 N–H and O–H groups in total. The zero-order valence-electron chi connectivity index (χ0n) is 10.6. The van der Waals surface area contributed by atoms with Gasteiger partial charge in [-0.15, -0.1) is 0 Å². The summed E-state index contributed by atoms with van der Waals surface area (Å²) in [4.78, 5) is 34.0. The maximum Gasteiger partial charge on any atom is 0.377 e. The van der Waals surface area contributed by atoms with E-state index in [4.69, 9.17) is 14.2 Å². The van der Waals surface area contributed by atoms with Crippen LogP contribution in [-0.4, -0.2) is 30.1 Å². The van der Waals surface area contributed by atoms with Gasteiger partial charge >= 0.3 is 17.7 Å². The number of ketones is 1. The van der Waals surface area contributed by atoms with E-state index < -0.39 is 23.5 Å². The Morgan fingerprint density at radius 1 is 1.33 bits per heavy atom. The number of hydrogen-bond acceptors (Lipinski definition) is 6. The van der Waals surface area contributed by atoms with Gasteiger partial charge in [-0.3, -0.25) is 9.59 Å². The number of esters is 2. The van der Waals surface area contributed by atoms with Crippen LogP contribution in [0.4, 0.5) is 0 Å². The maximum atomic E-state index is 11.5. The Labute approximate surface area is 105 Å². The summed E-state index contributed by atoms with van der Waals surface area (Å²) in [7, 11) is 0. The summed E-state index contributed by atoms with van der Waals surface area (Å²) in [5.74, 6) is -3.27. The van der Waals surface area contributed by atoms with Crippen molar-refractivity contribution >= 4 is 17.7 Å². The van der Waals surface area contributed by atoms with Gasteiger partial charge in [0, 0.05) is 13.3 Å². The first-order chi connectivity index (χ1) is 8.45. The highest BCUT2D eigenvalue weighted by atomic mass is 16.8. The predicted molar refractivity (Wildman–Crippen MR) is 60.2 cm³/mol. The van der Waals surface area contributed by atoms with E-state index in [-0.39, 0.29) is 25.2 Å². The van der Waals surface area contributed by atoms with Gasteiger partial charge in [-0.2, -0.15) is 0 Å². The number of cyclic esters (lactones) is 1. The lowest BCUT2D eigenvalue weighted by Crippen LogP contribution is -2.37. The van der Waals surface area contributed by atoms with Crippen molar-refractivity contribution in [2.24, 2.45) is 0 Å². The van der Waals surface area contributed by atoms with Gasteiger partial charge < -0.3 is 14.2 Å². The van der Waals surface area contributed by atoms with E-state index in [1.165, 1.54) is 13.0 Å². The van der Waals surface area contributed by atoms with Crippen molar-refractivity contribution in [2.75, 3.05) is 6.61 Å². The molecule has 0 radical (unpaired) electrons. The van der Waals surface area contributed by atoms with Crippen LogP contribution in [0, 0.1) is 0 Å². The van der Waals surface area contributed by atoms with Crippen molar-refractivity contribution in [1.29, 1.82) is 0 Å². The Bertz CT molecular complexity index is 397. The number of Topliss-reactive ketones (excluding diaryl/α,β-unsaturated/α-hetero) is 1. The Morgan fingerprint density at radius 3 is 2.44 bits per heavy atom. The zero-order chi connectivity index (χ0) is 13.8. The molecule has 0 bridgehead atoms. The minimum Gasteiger partial charge on any atom is -0.466 e. The van der Waals surface area contributed by atoms with Crippen molar-refractivity contribution in [3.8, 4) is 0 Å². The van der Waals surface area contributed by atoms with Crippen LogP contribution in [-0.2, 0) is 28.6 Å². The number of rotatable bonds is 5. The van der Waals surface area contributed by atoms with Gasteiger partial charge in [0.25, 0.3) is 0 Å². The van der Waals surface area contributed by atoms with Crippen molar-refractivity contribution in [3.63, 3.8) is 0 Å². The standard InChI is InChI=1S/C12H16O6/c1-4-12(8(3)13)17-9(11(15)18-12)6-7-10(14)16-5-2/h6H,4-5,7H2,1-3H3/b9-6-. The Hall–Kier alpha value is -1.85. The highest BCUT2D eigenvalue weighted by Gasteiger charge is 2.48.